The maximum Gasteiger partial charge on any atom is 0.244 e. The average molecular weight is 467 g/mol. The standard InChI is InChI=1S/C23H26N6O3S/c1-23(2,3)15-8-10-16(11-9-15)32-13-19-26-27-22(29(19)24)33-14-21(31)28-12-20(30)25-17-6-4-5-7-18(17)28/h4-11H,12-14,24H2,1-3H3,(H,25,30). The van der Waals surface area contributed by atoms with Gasteiger partial charge in [-0.25, -0.2) is 4.68 Å². The number of carbonyl (C=O) groups excluding carboxylic acids is 2. The lowest BCUT2D eigenvalue weighted by Crippen LogP contribution is -2.43. The second kappa shape index (κ2) is 9.14. The van der Waals surface area contributed by atoms with E-state index in [9.17, 15) is 9.59 Å². The largest absolute Gasteiger partial charge is 0.486 e. The van der Waals surface area contributed by atoms with E-state index < -0.39 is 0 Å². The second-order valence-electron chi connectivity index (χ2n) is 8.67. The molecule has 10 heteroatoms. The zero-order valence-electron chi connectivity index (χ0n) is 18.7. The van der Waals surface area contributed by atoms with E-state index in [1.165, 1.54) is 15.1 Å². The minimum atomic E-state index is -0.232. The number of thioether (sulfide) groups is 1. The molecule has 0 atom stereocenters. The van der Waals surface area contributed by atoms with Crippen LogP contribution in [0.25, 0.3) is 0 Å². The molecule has 3 N–H and O–H groups in total. The van der Waals surface area contributed by atoms with Crippen LogP contribution in [-0.4, -0.2) is 39.0 Å². The van der Waals surface area contributed by atoms with Gasteiger partial charge in [-0.2, -0.15) is 0 Å². The molecule has 0 fully saturated rings. The normalized spacial score (nSPS) is 13.4. The maximum absolute atomic E-state index is 12.8. The number of hydrogen-bond acceptors (Lipinski definition) is 7. The number of fused-ring (bicyclic) bond motifs is 1. The molecule has 1 aromatic heterocycles. The van der Waals surface area contributed by atoms with Crippen molar-refractivity contribution in [2.24, 2.45) is 0 Å². The van der Waals surface area contributed by atoms with Crippen molar-refractivity contribution in [2.45, 2.75) is 37.9 Å². The number of nitrogens with zero attached hydrogens (tertiary/aromatic N) is 4. The number of amides is 2. The fraction of sp³-hybridized carbons (Fsp3) is 0.304. The summed E-state index contributed by atoms with van der Waals surface area (Å²) < 4.78 is 7.11. The van der Waals surface area contributed by atoms with Crippen molar-refractivity contribution in [3.63, 3.8) is 0 Å². The summed E-state index contributed by atoms with van der Waals surface area (Å²) in [5.41, 5.74) is 2.57. The summed E-state index contributed by atoms with van der Waals surface area (Å²) in [7, 11) is 0. The Balaban J connectivity index is 1.36. The summed E-state index contributed by atoms with van der Waals surface area (Å²) in [6, 6.07) is 15.1. The lowest BCUT2D eigenvalue weighted by Gasteiger charge is -2.28. The second-order valence-corrected chi connectivity index (χ2v) is 9.61. The molecule has 2 aromatic carbocycles. The van der Waals surface area contributed by atoms with Gasteiger partial charge in [0.1, 0.15) is 18.9 Å². The highest BCUT2D eigenvalue weighted by Crippen LogP contribution is 2.30. The highest BCUT2D eigenvalue weighted by atomic mass is 32.2. The number of carbonyl (C=O) groups is 2. The van der Waals surface area contributed by atoms with Gasteiger partial charge in [0, 0.05) is 0 Å². The molecule has 0 spiro atoms. The smallest absolute Gasteiger partial charge is 0.244 e. The highest BCUT2D eigenvalue weighted by Gasteiger charge is 2.27. The predicted molar refractivity (Wildman–Crippen MR) is 128 cm³/mol. The molecule has 0 aliphatic carbocycles. The van der Waals surface area contributed by atoms with Crippen LogP contribution >= 0.6 is 11.8 Å². The number of para-hydroxylation sites is 2. The van der Waals surface area contributed by atoms with Crippen LogP contribution in [0, 0.1) is 0 Å². The van der Waals surface area contributed by atoms with E-state index in [-0.39, 0.29) is 36.1 Å². The fourth-order valence-corrected chi connectivity index (χ4v) is 4.11. The number of rotatable bonds is 6. The molecule has 2 heterocycles. The minimum absolute atomic E-state index is 0.0290. The molecule has 0 radical (unpaired) electrons. The topological polar surface area (TPSA) is 115 Å². The van der Waals surface area contributed by atoms with Gasteiger partial charge in [-0.05, 0) is 35.2 Å². The average Bonchev–Trinajstić information content (AvgIpc) is 3.14. The molecule has 0 bridgehead atoms. The number of nitrogen functional groups attached to an aromatic ring is 1. The quantitative estimate of drug-likeness (QED) is 0.424. The first kappa shape index (κ1) is 22.7. The molecule has 9 nitrogen and oxygen atoms in total. The number of benzene rings is 2. The van der Waals surface area contributed by atoms with E-state index in [2.05, 4.69) is 36.3 Å². The van der Waals surface area contributed by atoms with Gasteiger partial charge in [0.2, 0.25) is 17.0 Å². The molecule has 4 rings (SSSR count). The van der Waals surface area contributed by atoms with E-state index in [1.54, 1.807) is 18.2 Å². The Kier molecular flexibility index (Phi) is 6.28. The molecule has 1 aliphatic rings. The summed E-state index contributed by atoms with van der Waals surface area (Å²) in [5, 5.41) is 11.3. The summed E-state index contributed by atoms with van der Waals surface area (Å²) in [5.74, 6) is 6.87. The SMILES string of the molecule is CC(C)(C)c1ccc(OCc2nnc(SCC(=O)N3CC(=O)Nc4ccccc43)n2N)cc1. The number of nitrogens with two attached hydrogens (primary N) is 1. The van der Waals surface area contributed by atoms with Crippen LogP contribution in [0.2, 0.25) is 0 Å². The van der Waals surface area contributed by atoms with Crippen molar-refractivity contribution in [1.29, 1.82) is 0 Å². The van der Waals surface area contributed by atoms with Crippen LogP contribution in [0.4, 0.5) is 11.4 Å². The molecule has 3 aromatic rings. The molecule has 0 unspecified atom stereocenters. The van der Waals surface area contributed by atoms with E-state index in [4.69, 9.17) is 10.6 Å². The summed E-state index contributed by atoms with van der Waals surface area (Å²) in [4.78, 5) is 26.2. The third kappa shape index (κ3) is 5.11. The Morgan fingerprint density at radius 2 is 1.88 bits per heavy atom. The number of nitrogens with one attached hydrogen (secondary N) is 1. The fourth-order valence-electron chi connectivity index (χ4n) is 3.36. The number of anilines is 2. The molecule has 1 aliphatic heterocycles. The Morgan fingerprint density at radius 1 is 1.15 bits per heavy atom. The van der Waals surface area contributed by atoms with Crippen LogP contribution < -0.4 is 20.8 Å². The maximum atomic E-state index is 12.8. The zero-order valence-corrected chi connectivity index (χ0v) is 19.6. The molecule has 0 saturated carbocycles. The van der Waals surface area contributed by atoms with Gasteiger partial charge >= 0.3 is 0 Å². The van der Waals surface area contributed by atoms with Crippen molar-refractivity contribution in [3.05, 3.63) is 59.9 Å². The van der Waals surface area contributed by atoms with Gasteiger partial charge < -0.3 is 20.8 Å². The Labute approximate surface area is 196 Å². The highest BCUT2D eigenvalue weighted by molar-refractivity contribution is 7.99. The van der Waals surface area contributed by atoms with E-state index in [0.29, 0.717) is 28.1 Å². The van der Waals surface area contributed by atoms with Gasteiger partial charge in [-0.3, -0.25) is 9.59 Å². The van der Waals surface area contributed by atoms with Crippen LogP contribution in [0.15, 0.2) is 53.7 Å². The molecular weight excluding hydrogens is 440 g/mol. The first-order valence-electron chi connectivity index (χ1n) is 10.5. The van der Waals surface area contributed by atoms with Gasteiger partial charge in [0.25, 0.3) is 0 Å². The summed E-state index contributed by atoms with van der Waals surface area (Å²) in [6.45, 7) is 6.58. The van der Waals surface area contributed by atoms with Crippen LogP contribution in [0.3, 0.4) is 0 Å². The first-order chi connectivity index (χ1) is 15.7. The third-order valence-corrected chi connectivity index (χ3v) is 6.15. The van der Waals surface area contributed by atoms with Crippen molar-refractivity contribution in [1.82, 2.24) is 14.9 Å². The molecular formula is C23H26N6O3S. The predicted octanol–water partition coefficient (Wildman–Crippen LogP) is 2.95. The van der Waals surface area contributed by atoms with Crippen LogP contribution in [0.1, 0.15) is 32.2 Å². The van der Waals surface area contributed by atoms with E-state index in [1.807, 2.05) is 30.3 Å². The van der Waals surface area contributed by atoms with Crippen molar-refractivity contribution in [2.75, 3.05) is 28.4 Å². The van der Waals surface area contributed by atoms with Crippen LogP contribution in [-0.2, 0) is 21.6 Å². The number of aromatic nitrogens is 3. The minimum Gasteiger partial charge on any atom is -0.486 e. The molecule has 33 heavy (non-hydrogen) atoms. The third-order valence-electron chi connectivity index (χ3n) is 5.22. The molecule has 172 valence electrons. The molecule has 2 amide bonds. The monoisotopic (exact) mass is 466 g/mol. The van der Waals surface area contributed by atoms with Gasteiger partial charge in [0.05, 0.1) is 17.1 Å². The van der Waals surface area contributed by atoms with Gasteiger partial charge in [-0.15, -0.1) is 10.2 Å². The number of hydrogen-bond donors (Lipinski definition) is 2. The van der Waals surface area contributed by atoms with Crippen molar-refractivity contribution in [3.8, 4) is 5.75 Å². The van der Waals surface area contributed by atoms with E-state index >= 15 is 0 Å². The zero-order chi connectivity index (χ0) is 23.6. The first-order valence-corrected chi connectivity index (χ1v) is 11.5. The molecule has 0 saturated heterocycles. The summed E-state index contributed by atoms with van der Waals surface area (Å²) in [6.07, 6.45) is 0. The summed E-state index contributed by atoms with van der Waals surface area (Å²) >= 11 is 1.16. The van der Waals surface area contributed by atoms with E-state index in [0.717, 1.165) is 11.8 Å². The van der Waals surface area contributed by atoms with Crippen molar-refractivity contribution < 1.29 is 14.3 Å². The lowest BCUT2D eigenvalue weighted by molar-refractivity contribution is -0.120. The van der Waals surface area contributed by atoms with Crippen LogP contribution in [0.5, 0.6) is 5.75 Å². The van der Waals surface area contributed by atoms with Gasteiger partial charge in [0.15, 0.2) is 5.82 Å². The Bertz CT molecular complexity index is 1170. The van der Waals surface area contributed by atoms with Gasteiger partial charge in [-0.1, -0.05) is 56.8 Å². The number of ether oxygens (including phenoxy) is 1. The van der Waals surface area contributed by atoms with Crippen molar-refractivity contribution >= 4 is 35.0 Å². The Hall–Kier alpha value is -3.53. The lowest BCUT2D eigenvalue weighted by atomic mass is 9.87. The Morgan fingerprint density at radius 3 is 2.61 bits per heavy atom.